The first kappa shape index (κ1) is 13.1. The van der Waals surface area contributed by atoms with Gasteiger partial charge in [-0.1, -0.05) is 19.1 Å². The molecule has 18 heavy (non-hydrogen) atoms. The van der Waals surface area contributed by atoms with Gasteiger partial charge in [-0.25, -0.2) is 0 Å². The van der Waals surface area contributed by atoms with Crippen LogP contribution >= 0.6 is 11.3 Å². The summed E-state index contributed by atoms with van der Waals surface area (Å²) in [4.78, 5) is 0. The molecule has 0 aliphatic heterocycles. The summed E-state index contributed by atoms with van der Waals surface area (Å²) in [6.07, 6.45) is 1.05. The molecule has 2 rings (SSSR count). The monoisotopic (exact) mass is 261 g/mol. The molecule has 0 atom stereocenters. The average molecular weight is 261 g/mol. The molecule has 0 fully saturated rings. The SMILES string of the molecule is CCCOc1ccc(CNCc2ccsc2)cc1. The molecule has 1 aromatic heterocycles. The van der Waals surface area contributed by atoms with E-state index in [0.29, 0.717) is 0 Å². The van der Waals surface area contributed by atoms with Crippen LogP contribution in [0.2, 0.25) is 0 Å². The van der Waals surface area contributed by atoms with E-state index < -0.39 is 0 Å². The molecule has 3 heteroatoms. The lowest BCUT2D eigenvalue weighted by Gasteiger charge is -2.07. The maximum absolute atomic E-state index is 5.55. The minimum Gasteiger partial charge on any atom is -0.494 e. The summed E-state index contributed by atoms with van der Waals surface area (Å²) in [5, 5.41) is 7.72. The van der Waals surface area contributed by atoms with Gasteiger partial charge in [0.25, 0.3) is 0 Å². The first-order valence-electron chi connectivity index (χ1n) is 6.32. The Morgan fingerprint density at radius 3 is 2.50 bits per heavy atom. The predicted molar refractivity (Wildman–Crippen MR) is 77.1 cm³/mol. The highest BCUT2D eigenvalue weighted by atomic mass is 32.1. The summed E-state index contributed by atoms with van der Waals surface area (Å²) in [6, 6.07) is 10.5. The van der Waals surface area contributed by atoms with Crippen molar-refractivity contribution in [3.05, 3.63) is 52.2 Å². The highest BCUT2D eigenvalue weighted by Crippen LogP contribution is 2.12. The van der Waals surface area contributed by atoms with Crippen LogP contribution in [0.1, 0.15) is 24.5 Å². The zero-order valence-electron chi connectivity index (χ0n) is 10.7. The molecule has 0 spiro atoms. The molecule has 1 N–H and O–H groups in total. The molecule has 0 aliphatic carbocycles. The molecular weight excluding hydrogens is 242 g/mol. The Bertz CT molecular complexity index is 436. The molecule has 2 aromatic rings. The first-order valence-corrected chi connectivity index (χ1v) is 7.26. The van der Waals surface area contributed by atoms with Gasteiger partial charge in [0.05, 0.1) is 6.61 Å². The van der Waals surface area contributed by atoms with Gasteiger partial charge in [0.15, 0.2) is 0 Å². The van der Waals surface area contributed by atoms with Gasteiger partial charge in [-0.3, -0.25) is 0 Å². The van der Waals surface area contributed by atoms with Gasteiger partial charge in [0.2, 0.25) is 0 Å². The quantitative estimate of drug-likeness (QED) is 0.818. The maximum Gasteiger partial charge on any atom is 0.119 e. The summed E-state index contributed by atoms with van der Waals surface area (Å²) >= 11 is 1.74. The molecule has 0 bridgehead atoms. The van der Waals surface area contributed by atoms with Crippen molar-refractivity contribution in [2.75, 3.05) is 6.61 Å². The van der Waals surface area contributed by atoms with E-state index in [0.717, 1.165) is 31.9 Å². The lowest BCUT2D eigenvalue weighted by Crippen LogP contribution is -2.11. The van der Waals surface area contributed by atoms with E-state index in [1.54, 1.807) is 11.3 Å². The van der Waals surface area contributed by atoms with Crippen LogP contribution in [0.5, 0.6) is 5.75 Å². The molecule has 2 nitrogen and oxygen atoms in total. The van der Waals surface area contributed by atoms with Crippen LogP contribution in [0.4, 0.5) is 0 Å². The van der Waals surface area contributed by atoms with Crippen molar-refractivity contribution >= 4 is 11.3 Å². The third-order valence-corrected chi connectivity index (χ3v) is 3.37. The van der Waals surface area contributed by atoms with E-state index in [1.165, 1.54) is 11.1 Å². The first-order chi connectivity index (χ1) is 8.88. The number of ether oxygens (including phenoxy) is 1. The number of thiophene rings is 1. The average Bonchev–Trinajstić information content (AvgIpc) is 2.91. The van der Waals surface area contributed by atoms with Crippen molar-refractivity contribution in [3.8, 4) is 5.75 Å². The van der Waals surface area contributed by atoms with Crippen molar-refractivity contribution in [1.82, 2.24) is 5.32 Å². The maximum atomic E-state index is 5.55. The number of rotatable bonds is 7. The van der Waals surface area contributed by atoms with Gasteiger partial charge in [-0.2, -0.15) is 11.3 Å². The van der Waals surface area contributed by atoms with Crippen molar-refractivity contribution in [2.24, 2.45) is 0 Å². The van der Waals surface area contributed by atoms with Crippen LogP contribution in [0.3, 0.4) is 0 Å². The van der Waals surface area contributed by atoms with Crippen LogP contribution in [-0.4, -0.2) is 6.61 Å². The highest BCUT2D eigenvalue weighted by molar-refractivity contribution is 7.07. The largest absolute Gasteiger partial charge is 0.494 e. The molecule has 0 saturated carbocycles. The summed E-state index contributed by atoms with van der Waals surface area (Å²) < 4.78 is 5.55. The Labute approximate surface area is 113 Å². The van der Waals surface area contributed by atoms with Crippen LogP contribution < -0.4 is 10.1 Å². The number of nitrogens with one attached hydrogen (secondary N) is 1. The molecule has 96 valence electrons. The van der Waals surface area contributed by atoms with Gasteiger partial charge >= 0.3 is 0 Å². The number of hydrogen-bond donors (Lipinski definition) is 1. The molecule has 1 heterocycles. The molecular formula is C15H19NOS. The minimum absolute atomic E-state index is 0.787. The Hall–Kier alpha value is -1.32. The van der Waals surface area contributed by atoms with Gasteiger partial charge < -0.3 is 10.1 Å². The highest BCUT2D eigenvalue weighted by Gasteiger charge is 1.96. The zero-order chi connectivity index (χ0) is 12.6. The van der Waals surface area contributed by atoms with Crippen LogP contribution in [0.25, 0.3) is 0 Å². The molecule has 0 radical (unpaired) electrons. The fourth-order valence-electron chi connectivity index (χ4n) is 1.67. The number of benzene rings is 1. The van der Waals surface area contributed by atoms with Crippen LogP contribution in [0, 0.1) is 0 Å². The fourth-order valence-corrected chi connectivity index (χ4v) is 2.34. The minimum atomic E-state index is 0.787. The predicted octanol–water partition coefficient (Wildman–Crippen LogP) is 3.83. The van der Waals surface area contributed by atoms with Gasteiger partial charge in [-0.15, -0.1) is 0 Å². The standard InChI is InChI=1S/C15H19NOS/c1-2-8-17-15-5-3-13(4-6-15)10-16-11-14-7-9-18-12-14/h3-7,9,12,16H,2,8,10-11H2,1H3. The molecule has 0 saturated heterocycles. The van der Waals surface area contributed by atoms with E-state index in [9.17, 15) is 0 Å². The normalized spacial score (nSPS) is 10.5. The van der Waals surface area contributed by atoms with Crippen LogP contribution in [0.15, 0.2) is 41.1 Å². The summed E-state index contributed by atoms with van der Waals surface area (Å²) in [7, 11) is 0. The van der Waals surface area contributed by atoms with E-state index in [4.69, 9.17) is 4.74 Å². The summed E-state index contributed by atoms with van der Waals surface area (Å²) in [5.74, 6) is 0.957. The van der Waals surface area contributed by atoms with Crippen molar-refractivity contribution in [3.63, 3.8) is 0 Å². The Morgan fingerprint density at radius 1 is 1.06 bits per heavy atom. The summed E-state index contributed by atoms with van der Waals surface area (Å²) in [6.45, 7) is 4.72. The van der Waals surface area contributed by atoms with E-state index in [-0.39, 0.29) is 0 Å². The summed E-state index contributed by atoms with van der Waals surface area (Å²) in [5.41, 5.74) is 2.64. The van der Waals surface area contributed by atoms with E-state index in [1.807, 2.05) is 12.1 Å². The third-order valence-electron chi connectivity index (χ3n) is 2.63. The molecule has 0 aliphatic rings. The lowest BCUT2D eigenvalue weighted by atomic mass is 10.2. The topological polar surface area (TPSA) is 21.3 Å². The fraction of sp³-hybridized carbons (Fsp3) is 0.333. The van der Waals surface area contributed by atoms with Crippen molar-refractivity contribution in [1.29, 1.82) is 0 Å². The Kier molecular flexibility index (Phi) is 5.24. The molecule has 1 aromatic carbocycles. The van der Waals surface area contributed by atoms with Crippen molar-refractivity contribution < 1.29 is 4.74 Å². The smallest absolute Gasteiger partial charge is 0.119 e. The third kappa shape index (κ3) is 4.17. The molecule has 0 amide bonds. The van der Waals surface area contributed by atoms with E-state index >= 15 is 0 Å². The Balaban J connectivity index is 1.75. The lowest BCUT2D eigenvalue weighted by molar-refractivity contribution is 0.317. The second kappa shape index (κ2) is 7.19. The molecule has 0 unspecified atom stereocenters. The van der Waals surface area contributed by atoms with Gasteiger partial charge in [0, 0.05) is 13.1 Å². The van der Waals surface area contributed by atoms with Crippen LogP contribution in [-0.2, 0) is 13.1 Å². The van der Waals surface area contributed by atoms with E-state index in [2.05, 4.69) is 41.2 Å². The van der Waals surface area contributed by atoms with Gasteiger partial charge in [-0.05, 0) is 46.5 Å². The number of hydrogen-bond acceptors (Lipinski definition) is 3. The van der Waals surface area contributed by atoms with Gasteiger partial charge in [0.1, 0.15) is 5.75 Å². The second-order valence-corrected chi connectivity index (χ2v) is 5.01. The second-order valence-electron chi connectivity index (χ2n) is 4.23. The Morgan fingerprint density at radius 2 is 1.83 bits per heavy atom. The zero-order valence-corrected chi connectivity index (χ0v) is 11.5. The van der Waals surface area contributed by atoms with Crippen molar-refractivity contribution in [2.45, 2.75) is 26.4 Å².